The maximum atomic E-state index is 11.8. The first-order valence-electron chi connectivity index (χ1n) is 9.99. The lowest BCUT2D eigenvalue weighted by Gasteiger charge is -2.34. The van der Waals surface area contributed by atoms with Gasteiger partial charge in [0.15, 0.2) is 0 Å². The molecule has 0 bridgehead atoms. The molecule has 1 saturated heterocycles. The fraction of sp³-hybridized carbons (Fsp3) is 0.318. The minimum atomic E-state index is -0.962. The lowest BCUT2D eigenvalue weighted by molar-refractivity contribution is 0.0696. The Kier molecular flexibility index (Phi) is 5.67. The summed E-state index contributed by atoms with van der Waals surface area (Å²) in [5.41, 5.74) is 3.88. The molecule has 8 heteroatoms. The van der Waals surface area contributed by atoms with Crippen LogP contribution in [-0.2, 0) is 11.3 Å². The van der Waals surface area contributed by atoms with Crippen molar-refractivity contribution in [3.8, 4) is 5.69 Å². The summed E-state index contributed by atoms with van der Waals surface area (Å²) >= 11 is 0. The number of hydrogen-bond acceptors (Lipinski definition) is 5. The van der Waals surface area contributed by atoms with E-state index >= 15 is 0 Å². The lowest BCUT2D eigenvalue weighted by atomic mass is 10.1. The van der Waals surface area contributed by atoms with E-state index in [2.05, 4.69) is 22.0 Å². The van der Waals surface area contributed by atoms with E-state index < -0.39 is 5.97 Å². The second-order valence-electron chi connectivity index (χ2n) is 7.26. The number of imidazole rings is 1. The minimum absolute atomic E-state index is 0.225. The predicted octanol–water partition coefficient (Wildman–Crippen LogP) is 3.00. The van der Waals surface area contributed by atoms with Gasteiger partial charge in [0.1, 0.15) is 6.33 Å². The Morgan fingerprint density at radius 3 is 2.63 bits per heavy atom. The molecule has 1 amide bonds. The first-order valence-corrected chi connectivity index (χ1v) is 9.99. The van der Waals surface area contributed by atoms with Crippen molar-refractivity contribution in [1.29, 1.82) is 0 Å². The van der Waals surface area contributed by atoms with Gasteiger partial charge in [-0.2, -0.15) is 0 Å². The van der Waals surface area contributed by atoms with Gasteiger partial charge in [0.05, 0.1) is 23.2 Å². The maximum Gasteiger partial charge on any atom is 0.409 e. The number of ether oxygens (including phenoxy) is 1. The van der Waals surface area contributed by atoms with Gasteiger partial charge in [-0.15, -0.1) is 0 Å². The molecule has 2 aromatic carbocycles. The Morgan fingerprint density at radius 2 is 1.90 bits per heavy atom. The number of carbonyl (C=O) groups is 2. The van der Waals surface area contributed by atoms with Gasteiger partial charge in [0.2, 0.25) is 0 Å². The van der Waals surface area contributed by atoms with Crippen LogP contribution in [0.5, 0.6) is 0 Å². The quantitative estimate of drug-likeness (QED) is 0.698. The van der Waals surface area contributed by atoms with Gasteiger partial charge in [-0.25, -0.2) is 14.6 Å². The fourth-order valence-corrected chi connectivity index (χ4v) is 3.72. The molecule has 30 heavy (non-hydrogen) atoms. The van der Waals surface area contributed by atoms with E-state index in [9.17, 15) is 9.59 Å². The monoisotopic (exact) mass is 408 g/mol. The zero-order chi connectivity index (χ0) is 21.1. The lowest BCUT2D eigenvalue weighted by Crippen LogP contribution is -2.48. The highest BCUT2D eigenvalue weighted by Crippen LogP contribution is 2.21. The van der Waals surface area contributed by atoms with Crippen LogP contribution in [0.1, 0.15) is 22.8 Å². The predicted molar refractivity (Wildman–Crippen MR) is 112 cm³/mol. The van der Waals surface area contributed by atoms with Crippen molar-refractivity contribution < 1.29 is 19.4 Å². The molecule has 2 heterocycles. The van der Waals surface area contributed by atoms with Gasteiger partial charge in [-0.05, 0) is 42.8 Å². The fourth-order valence-electron chi connectivity index (χ4n) is 3.72. The largest absolute Gasteiger partial charge is 0.478 e. The molecule has 0 radical (unpaired) electrons. The summed E-state index contributed by atoms with van der Waals surface area (Å²) < 4.78 is 7.04. The van der Waals surface area contributed by atoms with Gasteiger partial charge in [-0.1, -0.05) is 12.1 Å². The van der Waals surface area contributed by atoms with Crippen LogP contribution < -0.4 is 0 Å². The average molecular weight is 408 g/mol. The third-order valence-corrected chi connectivity index (χ3v) is 5.29. The van der Waals surface area contributed by atoms with Crippen LogP contribution in [0.15, 0.2) is 48.8 Å². The van der Waals surface area contributed by atoms with Gasteiger partial charge in [0.25, 0.3) is 0 Å². The third kappa shape index (κ3) is 4.13. The van der Waals surface area contributed by atoms with E-state index in [0.29, 0.717) is 25.2 Å². The standard InChI is InChI=1S/C22H24N4O4/c1-2-30-22(29)25-10-8-24(9-11-25)14-16-4-3-5-18(12-16)26-15-23-19-13-17(21(27)28)6-7-20(19)26/h3-7,12-13,15H,2,8-11,14H2,1H3,(H,27,28). The van der Waals surface area contributed by atoms with Crippen molar-refractivity contribution in [2.45, 2.75) is 13.5 Å². The molecule has 1 aliphatic heterocycles. The zero-order valence-electron chi connectivity index (χ0n) is 16.8. The minimum Gasteiger partial charge on any atom is -0.478 e. The molecule has 1 N–H and O–H groups in total. The van der Waals surface area contributed by atoms with Gasteiger partial charge >= 0.3 is 12.1 Å². The second kappa shape index (κ2) is 8.54. The normalized spacial score (nSPS) is 14.8. The Bertz CT molecular complexity index is 1070. The third-order valence-electron chi connectivity index (χ3n) is 5.29. The Balaban J connectivity index is 1.47. The number of piperazine rings is 1. The van der Waals surface area contributed by atoms with Crippen LogP contribution in [0, 0.1) is 0 Å². The van der Waals surface area contributed by atoms with Gasteiger partial charge in [-0.3, -0.25) is 9.47 Å². The highest BCUT2D eigenvalue weighted by atomic mass is 16.6. The Labute approximate surface area is 174 Å². The zero-order valence-corrected chi connectivity index (χ0v) is 16.8. The summed E-state index contributed by atoms with van der Waals surface area (Å²) in [6, 6.07) is 13.2. The van der Waals surface area contributed by atoms with E-state index in [-0.39, 0.29) is 11.7 Å². The van der Waals surface area contributed by atoms with E-state index in [0.717, 1.165) is 30.8 Å². The van der Waals surface area contributed by atoms with Crippen LogP contribution in [-0.4, -0.2) is 69.3 Å². The Hall–Kier alpha value is -3.39. The molecular formula is C22H24N4O4. The number of fused-ring (bicyclic) bond motifs is 1. The SMILES string of the molecule is CCOC(=O)N1CCN(Cc2cccc(-n3cnc4cc(C(=O)O)ccc43)c2)CC1. The van der Waals surface area contributed by atoms with Crippen molar-refractivity contribution in [2.24, 2.45) is 0 Å². The Morgan fingerprint density at radius 1 is 1.10 bits per heavy atom. The molecule has 1 fully saturated rings. The van der Waals surface area contributed by atoms with Crippen LogP contribution in [0.2, 0.25) is 0 Å². The molecule has 156 valence electrons. The topological polar surface area (TPSA) is 87.9 Å². The molecule has 0 spiro atoms. The van der Waals surface area contributed by atoms with Crippen molar-refractivity contribution in [3.63, 3.8) is 0 Å². The number of carboxylic acids is 1. The number of nitrogens with zero attached hydrogens (tertiary/aromatic N) is 4. The molecule has 0 atom stereocenters. The molecule has 8 nitrogen and oxygen atoms in total. The highest BCUT2D eigenvalue weighted by molar-refractivity contribution is 5.92. The smallest absolute Gasteiger partial charge is 0.409 e. The number of rotatable bonds is 5. The summed E-state index contributed by atoms with van der Waals surface area (Å²) in [6.45, 7) is 5.93. The van der Waals surface area contributed by atoms with Crippen molar-refractivity contribution in [3.05, 3.63) is 59.9 Å². The van der Waals surface area contributed by atoms with E-state index in [4.69, 9.17) is 9.84 Å². The van der Waals surface area contributed by atoms with Crippen molar-refractivity contribution >= 4 is 23.1 Å². The summed E-state index contributed by atoms with van der Waals surface area (Å²) in [5.74, 6) is -0.962. The molecule has 3 aromatic rings. The van der Waals surface area contributed by atoms with Gasteiger partial charge in [0, 0.05) is 38.4 Å². The van der Waals surface area contributed by atoms with E-state index in [1.807, 2.05) is 23.6 Å². The summed E-state index contributed by atoms with van der Waals surface area (Å²) in [4.78, 5) is 31.5. The van der Waals surface area contributed by atoms with Gasteiger partial charge < -0.3 is 14.7 Å². The number of aromatic nitrogens is 2. The molecule has 0 unspecified atom stereocenters. The van der Waals surface area contributed by atoms with Crippen LogP contribution in [0.3, 0.4) is 0 Å². The number of carboxylic acid groups (broad SMARTS) is 1. The first kappa shape index (κ1) is 19.9. The molecule has 1 aliphatic rings. The maximum absolute atomic E-state index is 11.8. The summed E-state index contributed by atoms with van der Waals surface area (Å²) in [6.07, 6.45) is 1.48. The summed E-state index contributed by atoms with van der Waals surface area (Å²) in [5, 5.41) is 9.17. The number of aromatic carboxylic acids is 1. The molecule has 1 aromatic heterocycles. The first-order chi connectivity index (χ1) is 14.5. The van der Waals surface area contributed by atoms with Crippen molar-refractivity contribution in [1.82, 2.24) is 19.4 Å². The number of benzene rings is 2. The number of carbonyl (C=O) groups excluding carboxylic acids is 1. The molecular weight excluding hydrogens is 384 g/mol. The summed E-state index contributed by atoms with van der Waals surface area (Å²) in [7, 11) is 0. The van der Waals surface area contributed by atoms with Crippen LogP contribution >= 0.6 is 0 Å². The number of hydrogen-bond donors (Lipinski definition) is 1. The van der Waals surface area contributed by atoms with Crippen LogP contribution in [0.4, 0.5) is 4.79 Å². The van der Waals surface area contributed by atoms with E-state index in [1.165, 1.54) is 5.56 Å². The average Bonchev–Trinajstić information content (AvgIpc) is 3.18. The van der Waals surface area contributed by atoms with Crippen molar-refractivity contribution in [2.75, 3.05) is 32.8 Å². The molecule has 4 rings (SSSR count). The molecule has 0 aliphatic carbocycles. The number of amides is 1. The van der Waals surface area contributed by atoms with Crippen LogP contribution in [0.25, 0.3) is 16.7 Å². The molecule has 0 saturated carbocycles. The van der Waals surface area contributed by atoms with E-state index in [1.54, 1.807) is 29.4 Å². The highest BCUT2D eigenvalue weighted by Gasteiger charge is 2.22. The second-order valence-corrected chi connectivity index (χ2v) is 7.26.